The van der Waals surface area contributed by atoms with Gasteiger partial charge in [0.25, 0.3) is 0 Å². The second-order valence-corrected chi connectivity index (χ2v) is 7.68. The fourth-order valence-electron chi connectivity index (χ4n) is 3.47. The van der Waals surface area contributed by atoms with E-state index in [9.17, 15) is 0 Å². The SMILES string of the molecule is Cc1ccc(C(C)NC2CCN(C(C)(C)C)CC2)c(C)c1. The molecule has 0 aromatic heterocycles. The molecule has 0 saturated carbocycles. The Hall–Kier alpha value is -0.860. The summed E-state index contributed by atoms with van der Waals surface area (Å²) >= 11 is 0. The number of rotatable bonds is 3. The molecule has 1 aliphatic rings. The van der Waals surface area contributed by atoms with Gasteiger partial charge in [0.1, 0.15) is 0 Å². The molecule has 1 atom stereocenters. The van der Waals surface area contributed by atoms with Gasteiger partial charge in [-0.15, -0.1) is 0 Å². The zero-order chi connectivity index (χ0) is 15.6. The van der Waals surface area contributed by atoms with Crippen molar-refractivity contribution < 1.29 is 0 Å². The standard InChI is InChI=1S/C19H32N2/c1-14-7-8-18(15(2)13-14)16(3)20-17-9-11-21(12-10-17)19(4,5)6/h7-8,13,16-17,20H,9-12H2,1-6H3. The van der Waals surface area contributed by atoms with E-state index in [-0.39, 0.29) is 0 Å². The van der Waals surface area contributed by atoms with Gasteiger partial charge < -0.3 is 5.32 Å². The molecule has 21 heavy (non-hydrogen) atoms. The van der Waals surface area contributed by atoms with Crippen molar-refractivity contribution in [1.82, 2.24) is 10.2 Å². The zero-order valence-corrected chi connectivity index (χ0v) is 14.7. The van der Waals surface area contributed by atoms with Crippen molar-refractivity contribution in [2.45, 2.75) is 72.0 Å². The van der Waals surface area contributed by atoms with E-state index < -0.39 is 0 Å². The summed E-state index contributed by atoms with van der Waals surface area (Å²) < 4.78 is 0. The van der Waals surface area contributed by atoms with E-state index in [0.717, 1.165) is 0 Å². The first-order valence-corrected chi connectivity index (χ1v) is 8.35. The highest BCUT2D eigenvalue weighted by atomic mass is 15.2. The second-order valence-electron chi connectivity index (χ2n) is 7.68. The average molecular weight is 288 g/mol. The van der Waals surface area contributed by atoms with Crippen LogP contribution < -0.4 is 5.32 Å². The molecular formula is C19H32N2. The molecule has 1 heterocycles. The Labute approximate surface area is 130 Å². The van der Waals surface area contributed by atoms with Gasteiger partial charge >= 0.3 is 0 Å². The van der Waals surface area contributed by atoms with Gasteiger partial charge in [-0.2, -0.15) is 0 Å². The number of nitrogens with one attached hydrogen (secondary N) is 1. The summed E-state index contributed by atoms with van der Waals surface area (Å²) in [5, 5.41) is 3.84. The molecule has 1 aliphatic heterocycles. The normalized spacial score (nSPS) is 19.7. The van der Waals surface area contributed by atoms with Crippen LogP contribution in [0.25, 0.3) is 0 Å². The molecule has 2 nitrogen and oxygen atoms in total. The minimum Gasteiger partial charge on any atom is -0.307 e. The van der Waals surface area contributed by atoms with Gasteiger partial charge in [0.05, 0.1) is 0 Å². The van der Waals surface area contributed by atoms with E-state index >= 15 is 0 Å². The van der Waals surface area contributed by atoms with Crippen molar-refractivity contribution in [3.05, 3.63) is 34.9 Å². The fourth-order valence-corrected chi connectivity index (χ4v) is 3.47. The third-order valence-electron chi connectivity index (χ3n) is 4.82. The molecule has 0 spiro atoms. The van der Waals surface area contributed by atoms with Gasteiger partial charge in [0.2, 0.25) is 0 Å². The van der Waals surface area contributed by atoms with Crippen molar-refractivity contribution in [2.75, 3.05) is 13.1 Å². The van der Waals surface area contributed by atoms with E-state index in [0.29, 0.717) is 17.6 Å². The van der Waals surface area contributed by atoms with E-state index in [4.69, 9.17) is 0 Å². The van der Waals surface area contributed by atoms with Gasteiger partial charge in [0.15, 0.2) is 0 Å². The highest BCUT2D eigenvalue weighted by Crippen LogP contribution is 2.24. The van der Waals surface area contributed by atoms with Gasteiger partial charge in [-0.1, -0.05) is 23.8 Å². The van der Waals surface area contributed by atoms with Crippen molar-refractivity contribution >= 4 is 0 Å². The van der Waals surface area contributed by atoms with Crippen LogP contribution in [0.4, 0.5) is 0 Å². The molecule has 0 aliphatic carbocycles. The maximum absolute atomic E-state index is 3.84. The molecule has 2 heteroatoms. The van der Waals surface area contributed by atoms with E-state index in [1.54, 1.807) is 0 Å². The van der Waals surface area contributed by atoms with Gasteiger partial charge in [-0.25, -0.2) is 0 Å². The van der Waals surface area contributed by atoms with Crippen LogP contribution in [0.2, 0.25) is 0 Å². The van der Waals surface area contributed by atoms with E-state index in [1.165, 1.54) is 42.6 Å². The number of nitrogens with zero attached hydrogens (tertiary/aromatic N) is 1. The van der Waals surface area contributed by atoms with Crippen LogP contribution in [0.15, 0.2) is 18.2 Å². The first-order chi connectivity index (χ1) is 9.77. The molecule has 1 aromatic rings. The Morgan fingerprint density at radius 3 is 2.29 bits per heavy atom. The maximum atomic E-state index is 3.84. The second kappa shape index (κ2) is 6.50. The van der Waals surface area contributed by atoms with Gasteiger partial charge in [0, 0.05) is 30.7 Å². The molecular weight excluding hydrogens is 256 g/mol. The highest BCUT2D eigenvalue weighted by molar-refractivity contribution is 5.32. The summed E-state index contributed by atoms with van der Waals surface area (Å²) in [5.74, 6) is 0. The lowest BCUT2D eigenvalue weighted by Crippen LogP contribution is -2.50. The van der Waals surface area contributed by atoms with Crippen LogP contribution in [-0.4, -0.2) is 29.6 Å². The van der Waals surface area contributed by atoms with Crippen LogP contribution in [0, 0.1) is 13.8 Å². The van der Waals surface area contributed by atoms with Gasteiger partial charge in [-0.05, 0) is 65.5 Å². The Kier molecular flexibility index (Phi) is 5.11. The first-order valence-electron chi connectivity index (χ1n) is 8.35. The summed E-state index contributed by atoms with van der Waals surface area (Å²) in [6.07, 6.45) is 2.51. The average Bonchev–Trinajstić information content (AvgIpc) is 2.38. The van der Waals surface area contributed by atoms with Crippen LogP contribution in [-0.2, 0) is 0 Å². The highest BCUT2D eigenvalue weighted by Gasteiger charge is 2.27. The summed E-state index contributed by atoms with van der Waals surface area (Å²) in [6.45, 7) is 16.1. The minimum absolute atomic E-state index is 0.310. The third-order valence-corrected chi connectivity index (χ3v) is 4.82. The first kappa shape index (κ1) is 16.5. The quantitative estimate of drug-likeness (QED) is 0.896. The molecule has 1 aromatic carbocycles. The molecule has 2 rings (SSSR count). The van der Waals surface area contributed by atoms with Crippen LogP contribution >= 0.6 is 0 Å². The van der Waals surface area contributed by atoms with E-state index in [2.05, 4.69) is 70.0 Å². The Morgan fingerprint density at radius 2 is 1.76 bits per heavy atom. The zero-order valence-electron chi connectivity index (χ0n) is 14.7. The van der Waals surface area contributed by atoms with Crippen molar-refractivity contribution in [3.63, 3.8) is 0 Å². The summed E-state index contributed by atoms with van der Waals surface area (Å²) in [4.78, 5) is 2.60. The summed E-state index contributed by atoms with van der Waals surface area (Å²) in [7, 11) is 0. The lowest BCUT2D eigenvalue weighted by Gasteiger charge is -2.41. The largest absolute Gasteiger partial charge is 0.307 e. The van der Waals surface area contributed by atoms with Crippen LogP contribution in [0.5, 0.6) is 0 Å². The topological polar surface area (TPSA) is 15.3 Å². The summed E-state index contributed by atoms with van der Waals surface area (Å²) in [5.41, 5.74) is 4.51. The Balaban J connectivity index is 1.91. The lowest BCUT2D eigenvalue weighted by molar-refractivity contribution is 0.0942. The number of piperidine rings is 1. The van der Waals surface area contributed by atoms with Crippen LogP contribution in [0.1, 0.15) is 63.3 Å². The maximum Gasteiger partial charge on any atom is 0.0296 e. The molecule has 118 valence electrons. The molecule has 0 bridgehead atoms. The molecule has 1 saturated heterocycles. The summed E-state index contributed by atoms with van der Waals surface area (Å²) in [6, 6.07) is 7.89. The van der Waals surface area contributed by atoms with Crippen LogP contribution in [0.3, 0.4) is 0 Å². The van der Waals surface area contributed by atoms with Crippen molar-refractivity contribution in [2.24, 2.45) is 0 Å². The number of benzene rings is 1. The molecule has 0 amide bonds. The predicted octanol–water partition coefficient (Wildman–Crippen LogP) is 4.22. The number of aryl methyl sites for hydroxylation is 2. The number of hydrogen-bond donors (Lipinski definition) is 1. The predicted molar refractivity (Wildman–Crippen MR) is 91.8 cm³/mol. The molecule has 0 radical (unpaired) electrons. The van der Waals surface area contributed by atoms with E-state index in [1.807, 2.05) is 0 Å². The fraction of sp³-hybridized carbons (Fsp3) is 0.684. The monoisotopic (exact) mass is 288 g/mol. The number of likely N-dealkylation sites (tertiary alicyclic amines) is 1. The number of hydrogen-bond acceptors (Lipinski definition) is 2. The van der Waals surface area contributed by atoms with Gasteiger partial charge in [-0.3, -0.25) is 4.90 Å². The minimum atomic E-state index is 0.310. The molecule has 1 unspecified atom stereocenters. The third kappa shape index (κ3) is 4.31. The lowest BCUT2D eigenvalue weighted by atomic mass is 9.95. The Bertz CT molecular complexity index is 465. The van der Waals surface area contributed by atoms with Crippen molar-refractivity contribution in [3.8, 4) is 0 Å². The van der Waals surface area contributed by atoms with Crippen molar-refractivity contribution in [1.29, 1.82) is 0 Å². The smallest absolute Gasteiger partial charge is 0.0296 e. The Morgan fingerprint density at radius 1 is 1.14 bits per heavy atom. The molecule has 1 fully saturated rings. The molecule has 1 N–H and O–H groups in total.